The molecule has 2 nitrogen and oxygen atoms in total. The van der Waals surface area contributed by atoms with E-state index in [9.17, 15) is 0 Å². The van der Waals surface area contributed by atoms with E-state index < -0.39 is 0 Å². The predicted octanol–water partition coefficient (Wildman–Crippen LogP) is 2.96. The van der Waals surface area contributed by atoms with Crippen LogP contribution in [0.2, 0.25) is 0 Å². The smallest absolute Gasteiger partial charge is 0.0725 e. The second-order valence-electron chi connectivity index (χ2n) is 2.98. The van der Waals surface area contributed by atoms with E-state index in [0.29, 0.717) is 0 Å². The molecule has 0 spiro atoms. The van der Waals surface area contributed by atoms with Crippen molar-refractivity contribution in [2.45, 2.75) is 12.8 Å². The Morgan fingerprint density at radius 1 is 1.54 bits per heavy atom. The van der Waals surface area contributed by atoms with E-state index in [0.717, 1.165) is 28.2 Å². The van der Waals surface area contributed by atoms with Crippen LogP contribution in [0.3, 0.4) is 0 Å². The first kappa shape index (κ1) is 13.2. The van der Waals surface area contributed by atoms with E-state index >= 15 is 0 Å². The Kier molecular flexibility index (Phi) is 7.71. The van der Waals surface area contributed by atoms with Gasteiger partial charge in [0.2, 0.25) is 0 Å². The van der Waals surface area contributed by atoms with Crippen LogP contribution >= 0.6 is 27.7 Å². The summed E-state index contributed by atoms with van der Waals surface area (Å²) in [5.41, 5.74) is 0. The summed E-state index contributed by atoms with van der Waals surface area (Å²) in [5, 5.41) is 1.14. The number of halogens is 1. The lowest BCUT2D eigenvalue weighted by Crippen LogP contribution is -2.13. The monoisotopic (exact) mass is 264 g/mol. The lowest BCUT2D eigenvalue weighted by Gasteiger charge is -2.09. The third-order valence-corrected chi connectivity index (χ3v) is 2.80. The van der Waals surface area contributed by atoms with Crippen LogP contribution in [-0.4, -0.2) is 37.6 Å². The highest BCUT2D eigenvalue weighted by Crippen LogP contribution is 2.23. The van der Waals surface area contributed by atoms with Crippen molar-refractivity contribution in [2.24, 2.45) is 4.99 Å². The van der Waals surface area contributed by atoms with Crippen molar-refractivity contribution < 1.29 is 0 Å². The van der Waals surface area contributed by atoms with Crippen LogP contribution in [0.15, 0.2) is 15.4 Å². The van der Waals surface area contributed by atoms with Crippen molar-refractivity contribution in [3.8, 4) is 0 Å². The van der Waals surface area contributed by atoms with Crippen molar-refractivity contribution in [1.29, 1.82) is 0 Å². The molecular formula is C9H17BrN2S. The van der Waals surface area contributed by atoms with E-state index in [2.05, 4.69) is 46.5 Å². The van der Waals surface area contributed by atoms with Gasteiger partial charge in [0.25, 0.3) is 0 Å². The van der Waals surface area contributed by atoms with Crippen LogP contribution < -0.4 is 0 Å². The van der Waals surface area contributed by atoms with E-state index in [1.807, 2.05) is 7.05 Å². The van der Waals surface area contributed by atoms with Crippen molar-refractivity contribution >= 4 is 32.7 Å². The number of rotatable bonds is 5. The molecule has 0 saturated heterocycles. The number of thioether (sulfide) groups is 1. The molecule has 13 heavy (non-hydrogen) atoms. The minimum Gasteiger partial charge on any atom is -0.309 e. The number of hydrogen-bond donors (Lipinski definition) is 0. The maximum absolute atomic E-state index is 4.20. The quantitative estimate of drug-likeness (QED) is 0.561. The molecule has 0 aromatic carbocycles. The second-order valence-corrected chi connectivity index (χ2v) is 5.63. The van der Waals surface area contributed by atoms with E-state index in [1.165, 1.54) is 0 Å². The molecule has 0 amide bonds. The number of hydrogen-bond acceptors (Lipinski definition) is 3. The fourth-order valence-corrected chi connectivity index (χ4v) is 2.04. The van der Waals surface area contributed by atoms with Gasteiger partial charge in [-0.2, -0.15) is 0 Å². The first-order chi connectivity index (χ1) is 6.06. The predicted molar refractivity (Wildman–Crippen MR) is 66.8 cm³/mol. The van der Waals surface area contributed by atoms with Gasteiger partial charge in [-0.3, -0.25) is 4.99 Å². The summed E-state index contributed by atoms with van der Waals surface area (Å²) in [6, 6.07) is 0. The molecule has 0 saturated carbocycles. The number of aliphatic imine (C=N–C) groups is 1. The third kappa shape index (κ3) is 8.53. The van der Waals surface area contributed by atoms with Crippen molar-refractivity contribution in [3.63, 3.8) is 0 Å². The molecule has 0 fully saturated rings. The van der Waals surface area contributed by atoms with Crippen LogP contribution in [0.4, 0.5) is 0 Å². The zero-order valence-electron chi connectivity index (χ0n) is 8.51. The van der Waals surface area contributed by atoms with Gasteiger partial charge in [0, 0.05) is 10.9 Å². The molecule has 0 heterocycles. The zero-order valence-corrected chi connectivity index (χ0v) is 10.9. The summed E-state index contributed by atoms with van der Waals surface area (Å²) in [4.78, 5) is 6.38. The molecule has 0 aromatic heterocycles. The molecule has 0 atom stereocenters. The lowest BCUT2D eigenvalue weighted by atomic mass is 10.3. The highest BCUT2D eigenvalue weighted by molar-refractivity contribution is 9.14. The normalized spacial score (nSPS) is 12.2. The summed E-state index contributed by atoms with van der Waals surface area (Å²) in [7, 11) is 5.99. The molecular weight excluding hydrogens is 248 g/mol. The minimum absolute atomic E-state index is 0.929. The topological polar surface area (TPSA) is 15.6 Å². The highest BCUT2D eigenvalue weighted by atomic mass is 79.9. The van der Waals surface area contributed by atoms with Gasteiger partial charge >= 0.3 is 0 Å². The Bertz CT molecular complexity index is 190. The van der Waals surface area contributed by atoms with Crippen LogP contribution in [0, 0.1) is 0 Å². The van der Waals surface area contributed by atoms with Crippen LogP contribution in [0.25, 0.3) is 0 Å². The van der Waals surface area contributed by atoms with Gasteiger partial charge < -0.3 is 4.90 Å². The van der Waals surface area contributed by atoms with Crippen molar-refractivity contribution in [1.82, 2.24) is 4.90 Å². The molecule has 0 aromatic rings. The Morgan fingerprint density at radius 2 is 2.15 bits per heavy atom. The third-order valence-electron chi connectivity index (χ3n) is 1.47. The molecule has 0 rings (SSSR count). The Hall–Kier alpha value is 0.200. The fourth-order valence-electron chi connectivity index (χ4n) is 0.883. The lowest BCUT2D eigenvalue weighted by molar-refractivity contribution is 0.404. The summed E-state index contributed by atoms with van der Waals surface area (Å²) < 4.78 is 0.929. The summed E-state index contributed by atoms with van der Waals surface area (Å²) in [6.07, 6.45) is 2.18. The first-order valence-electron chi connectivity index (χ1n) is 4.19. The SMILES string of the molecule is C=C(Br)S/C(CCCN(C)C)=N\C. The van der Waals surface area contributed by atoms with Crippen LogP contribution in [0.5, 0.6) is 0 Å². The van der Waals surface area contributed by atoms with Gasteiger partial charge in [-0.05, 0) is 49.4 Å². The summed E-state index contributed by atoms with van der Waals surface area (Å²) >= 11 is 4.92. The van der Waals surface area contributed by atoms with Gasteiger partial charge in [0.15, 0.2) is 0 Å². The molecule has 0 aliphatic rings. The molecule has 0 aliphatic heterocycles. The summed E-state index contributed by atoms with van der Waals surface area (Å²) in [6.45, 7) is 4.88. The largest absolute Gasteiger partial charge is 0.309 e. The van der Waals surface area contributed by atoms with E-state index in [1.54, 1.807) is 11.8 Å². The van der Waals surface area contributed by atoms with Gasteiger partial charge in [0.1, 0.15) is 0 Å². The average Bonchev–Trinajstić information content (AvgIpc) is 2.01. The van der Waals surface area contributed by atoms with E-state index in [-0.39, 0.29) is 0 Å². The average molecular weight is 265 g/mol. The molecule has 0 unspecified atom stereocenters. The minimum atomic E-state index is 0.929. The fraction of sp³-hybridized carbons (Fsp3) is 0.667. The van der Waals surface area contributed by atoms with Crippen LogP contribution in [-0.2, 0) is 0 Å². The zero-order chi connectivity index (χ0) is 10.3. The molecule has 0 aliphatic carbocycles. The van der Waals surface area contributed by atoms with Crippen molar-refractivity contribution in [2.75, 3.05) is 27.7 Å². The maximum atomic E-state index is 4.20. The van der Waals surface area contributed by atoms with Gasteiger partial charge in [-0.15, -0.1) is 0 Å². The highest BCUT2D eigenvalue weighted by Gasteiger charge is 2.01. The van der Waals surface area contributed by atoms with Gasteiger partial charge in [0.05, 0.1) is 5.04 Å². The standard InChI is InChI=1S/C9H17BrN2S/c1-8(10)13-9(11-2)6-5-7-12(3)4/h1,5-7H2,2-4H3/b11-9-. The van der Waals surface area contributed by atoms with Gasteiger partial charge in [-0.1, -0.05) is 18.3 Å². The Labute approximate surface area is 93.6 Å². The molecule has 4 heteroatoms. The Morgan fingerprint density at radius 3 is 2.54 bits per heavy atom. The molecule has 76 valence electrons. The van der Waals surface area contributed by atoms with Crippen molar-refractivity contribution in [3.05, 3.63) is 10.4 Å². The van der Waals surface area contributed by atoms with E-state index in [4.69, 9.17) is 0 Å². The molecule has 0 N–H and O–H groups in total. The number of nitrogens with zero attached hydrogens (tertiary/aromatic N) is 2. The molecule has 0 radical (unpaired) electrons. The Balaban J connectivity index is 3.68. The first-order valence-corrected chi connectivity index (χ1v) is 5.80. The molecule has 0 bridgehead atoms. The second kappa shape index (κ2) is 7.59. The summed E-state index contributed by atoms with van der Waals surface area (Å²) in [5.74, 6) is 0. The maximum Gasteiger partial charge on any atom is 0.0725 e. The van der Waals surface area contributed by atoms with Crippen LogP contribution in [0.1, 0.15) is 12.8 Å². The van der Waals surface area contributed by atoms with Gasteiger partial charge in [-0.25, -0.2) is 0 Å².